The molecule has 1 nitrogen and oxygen atoms in total. The molecule has 1 unspecified atom stereocenters. The lowest BCUT2D eigenvalue weighted by Gasteiger charge is -2.13. The van der Waals surface area contributed by atoms with E-state index in [-0.39, 0.29) is 5.92 Å². The molecule has 1 aliphatic rings. The van der Waals surface area contributed by atoms with Crippen molar-refractivity contribution in [2.24, 2.45) is 5.92 Å². The van der Waals surface area contributed by atoms with Crippen molar-refractivity contribution >= 4 is 5.69 Å². The Morgan fingerprint density at radius 1 is 1.36 bits per heavy atom. The second-order valence-electron chi connectivity index (χ2n) is 4.08. The van der Waals surface area contributed by atoms with Gasteiger partial charge in [0.1, 0.15) is 11.6 Å². The Hall–Kier alpha value is -1.12. The quantitative estimate of drug-likeness (QED) is 0.729. The Bertz CT molecular complexity index is 361. The summed E-state index contributed by atoms with van der Waals surface area (Å²) in [5, 5.41) is 2.99. The third-order valence-corrected chi connectivity index (χ3v) is 2.79. The lowest BCUT2D eigenvalue weighted by molar-refractivity contribution is 0.527. The van der Waals surface area contributed by atoms with Gasteiger partial charge in [0.25, 0.3) is 0 Å². The van der Waals surface area contributed by atoms with Gasteiger partial charge in [-0.1, -0.05) is 13.8 Å². The number of rotatable bonds is 1. The Kier molecular flexibility index (Phi) is 2.17. The maximum atomic E-state index is 13.3. The Morgan fingerprint density at radius 3 is 2.71 bits per heavy atom. The van der Waals surface area contributed by atoms with Crippen LogP contribution in [0.4, 0.5) is 14.5 Å². The van der Waals surface area contributed by atoms with Gasteiger partial charge in [-0.2, -0.15) is 0 Å². The van der Waals surface area contributed by atoms with Gasteiger partial charge in [0, 0.05) is 18.5 Å². The lowest BCUT2D eigenvalue weighted by Crippen LogP contribution is -2.08. The molecule has 1 aliphatic heterocycles. The van der Waals surface area contributed by atoms with E-state index in [1.165, 1.54) is 6.07 Å². The molecule has 2 rings (SSSR count). The van der Waals surface area contributed by atoms with E-state index in [4.69, 9.17) is 0 Å². The number of hydrogen-bond donors (Lipinski definition) is 1. The molecular formula is C11H13F2N. The van der Waals surface area contributed by atoms with E-state index in [2.05, 4.69) is 19.2 Å². The Morgan fingerprint density at radius 2 is 2.07 bits per heavy atom. The van der Waals surface area contributed by atoms with Crippen LogP contribution in [0.2, 0.25) is 0 Å². The smallest absolute Gasteiger partial charge is 0.149 e. The monoisotopic (exact) mass is 197 g/mol. The number of nitrogens with one attached hydrogen (secondary N) is 1. The van der Waals surface area contributed by atoms with Crippen molar-refractivity contribution in [2.45, 2.75) is 19.8 Å². The minimum Gasteiger partial charge on any atom is -0.382 e. The van der Waals surface area contributed by atoms with Crippen LogP contribution in [-0.4, -0.2) is 6.54 Å². The highest BCUT2D eigenvalue weighted by atomic mass is 19.1. The average molecular weight is 197 g/mol. The van der Waals surface area contributed by atoms with Crippen molar-refractivity contribution in [1.29, 1.82) is 0 Å². The second kappa shape index (κ2) is 3.23. The summed E-state index contributed by atoms with van der Waals surface area (Å²) in [6.45, 7) is 4.82. The van der Waals surface area contributed by atoms with Gasteiger partial charge in [0.2, 0.25) is 0 Å². The van der Waals surface area contributed by atoms with Crippen LogP contribution in [0, 0.1) is 17.6 Å². The van der Waals surface area contributed by atoms with Gasteiger partial charge >= 0.3 is 0 Å². The average Bonchev–Trinajstić information content (AvgIpc) is 2.47. The molecule has 0 saturated heterocycles. The van der Waals surface area contributed by atoms with Gasteiger partial charge in [-0.15, -0.1) is 0 Å². The number of fused-ring (bicyclic) bond motifs is 1. The van der Waals surface area contributed by atoms with Gasteiger partial charge in [-0.3, -0.25) is 0 Å². The summed E-state index contributed by atoms with van der Waals surface area (Å²) >= 11 is 0. The van der Waals surface area contributed by atoms with Crippen molar-refractivity contribution in [1.82, 2.24) is 0 Å². The molecule has 76 valence electrons. The topological polar surface area (TPSA) is 12.0 Å². The molecule has 0 amide bonds. The van der Waals surface area contributed by atoms with Crippen LogP contribution in [0.15, 0.2) is 12.1 Å². The van der Waals surface area contributed by atoms with E-state index < -0.39 is 11.6 Å². The fraction of sp³-hybridized carbons (Fsp3) is 0.455. The summed E-state index contributed by atoms with van der Waals surface area (Å²) in [5.41, 5.74) is 1.25. The molecule has 0 saturated carbocycles. The van der Waals surface area contributed by atoms with E-state index in [0.717, 1.165) is 11.6 Å². The zero-order chi connectivity index (χ0) is 10.3. The predicted octanol–water partition coefficient (Wildman–Crippen LogP) is 3.13. The number of hydrogen-bond acceptors (Lipinski definition) is 1. The lowest BCUT2D eigenvalue weighted by atomic mass is 9.90. The molecule has 3 heteroatoms. The van der Waals surface area contributed by atoms with Gasteiger partial charge in [-0.05, 0) is 17.5 Å². The van der Waals surface area contributed by atoms with Crippen molar-refractivity contribution < 1.29 is 8.78 Å². The molecule has 1 heterocycles. The third kappa shape index (κ3) is 1.37. The van der Waals surface area contributed by atoms with Crippen LogP contribution < -0.4 is 5.32 Å². The number of benzene rings is 1. The number of halogens is 2. The molecule has 1 aromatic carbocycles. The molecule has 0 bridgehead atoms. The minimum absolute atomic E-state index is 0.218. The van der Waals surface area contributed by atoms with Gasteiger partial charge in [0.05, 0.1) is 5.69 Å². The zero-order valence-corrected chi connectivity index (χ0v) is 8.27. The first kappa shape index (κ1) is 9.44. The first-order chi connectivity index (χ1) is 6.59. The highest BCUT2D eigenvalue weighted by molar-refractivity contribution is 5.59. The molecular weight excluding hydrogens is 184 g/mol. The summed E-state index contributed by atoms with van der Waals surface area (Å²) in [4.78, 5) is 0. The molecule has 1 atom stereocenters. The normalized spacial score (nSPS) is 19.6. The summed E-state index contributed by atoms with van der Waals surface area (Å²) < 4.78 is 26.3. The van der Waals surface area contributed by atoms with Crippen LogP contribution in [-0.2, 0) is 0 Å². The molecule has 0 aliphatic carbocycles. The van der Waals surface area contributed by atoms with Crippen LogP contribution >= 0.6 is 0 Å². The second-order valence-corrected chi connectivity index (χ2v) is 4.08. The first-order valence-electron chi connectivity index (χ1n) is 4.82. The summed E-state index contributed by atoms with van der Waals surface area (Å²) in [6, 6.07) is 2.36. The predicted molar refractivity (Wildman–Crippen MR) is 52.4 cm³/mol. The van der Waals surface area contributed by atoms with Crippen LogP contribution in [0.5, 0.6) is 0 Å². The van der Waals surface area contributed by atoms with Gasteiger partial charge in [0.15, 0.2) is 0 Å². The maximum Gasteiger partial charge on any atom is 0.149 e. The summed E-state index contributed by atoms with van der Waals surface area (Å²) in [7, 11) is 0. The van der Waals surface area contributed by atoms with E-state index >= 15 is 0 Å². The highest BCUT2D eigenvalue weighted by Gasteiger charge is 2.27. The highest BCUT2D eigenvalue weighted by Crippen LogP contribution is 2.38. The van der Waals surface area contributed by atoms with Gasteiger partial charge < -0.3 is 5.32 Å². The minimum atomic E-state index is -0.490. The number of anilines is 1. The molecule has 0 spiro atoms. The van der Waals surface area contributed by atoms with Crippen molar-refractivity contribution in [2.75, 3.05) is 11.9 Å². The summed E-state index contributed by atoms with van der Waals surface area (Å²) in [5.74, 6) is -0.362. The zero-order valence-electron chi connectivity index (χ0n) is 8.27. The van der Waals surface area contributed by atoms with Gasteiger partial charge in [-0.25, -0.2) is 8.78 Å². The van der Waals surface area contributed by atoms with Crippen molar-refractivity contribution in [3.8, 4) is 0 Å². The van der Waals surface area contributed by atoms with Crippen LogP contribution in [0.3, 0.4) is 0 Å². The van der Waals surface area contributed by atoms with E-state index in [1.54, 1.807) is 0 Å². The van der Waals surface area contributed by atoms with E-state index in [1.807, 2.05) is 0 Å². The van der Waals surface area contributed by atoms with E-state index in [9.17, 15) is 8.78 Å². The molecule has 14 heavy (non-hydrogen) atoms. The van der Waals surface area contributed by atoms with Crippen molar-refractivity contribution in [3.63, 3.8) is 0 Å². The molecule has 0 fully saturated rings. The SMILES string of the molecule is CC(C)C1CNc2c(F)cc(F)cc21. The molecule has 1 N–H and O–H groups in total. The first-order valence-corrected chi connectivity index (χ1v) is 4.82. The molecule has 0 radical (unpaired) electrons. The van der Waals surface area contributed by atoms with E-state index in [0.29, 0.717) is 18.2 Å². The fourth-order valence-electron chi connectivity index (χ4n) is 1.99. The fourth-order valence-corrected chi connectivity index (χ4v) is 1.99. The Labute approximate surface area is 82.1 Å². The third-order valence-electron chi connectivity index (χ3n) is 2.79. The molecule has 0 aromatic heterocycles. The maximum absolute atomic E-state index is 13.3. The van der Waals surface area contributed by atoms with Crippen LogP contribution in [0.1, 0.15) is 25.3 Å². The van der Waals surface area contributed by atoms with Crippen molar-refractivity contribution in [3.05, 3.63) is 29.3 Å². The largest absolute Gasteiger partial charge is 0.382 e. The van der Waals surface area contributed by atoms with Crippen LogP contribution in [0.25, 0.3) is 0 Å². The molecule has 1 aromatic rings. The standard InChI is InChI=1S/C11H13F2N/c1-6(2)9-5-14-11-8(9)3-7(12)4-10(11)13/h3-4,6,9,14H,5H2,1-2H3. The summed E-state index contributed by atoms with van der Waals surface area (Å²) in [6.07, 6.45) is 0. The Balaban J connectivity index is 2.49.